The third-order valence-corrected chi connectivity index (χ3v) is 5.62. The molecule has 8 heteroatoms. The van der Waals surface area contributed by atoms with E-state index in [1.165, 1.54) is 5.56 Å². The van der Waals surface area contributed by atoms with Gasteiger partial charge in [0, 0.05) is 36.8 Å². The van der Waals surface area contributed by atoms with E-state index in [0.717, 1.165) is 38.9 Å². The molecule has 2 amide bonds. The van der Waals surface area contributed by atoms with E-state index in [0.29, 0.717) is 51.1 Å². The van der Waals surface area contributed by atoms with Gasteiger partial charge in [-0.2, -0.15) is 0 Å². The molecular formula is C24H40N4O4. The predicted molar refractivity (Wildman–Crippen MR) is 125 cm³/mol. The van der Waals surface area contributed by atoms with Crippen LogP contribution in [0.5, 0.6) is 0 Å². The fourth-order valence-electron chi connectivity index (χ4n) is 3.50. The monoisotopic (exact) mass is 448 g/mol. The van der Waals surface area contributed by atoms with Crippen molar-refractivity contribution in [1.82, 2.24) is 15.1 Å². The summed E-state index contributed by atoms with van der Waals surface area (Å²) in [6.45, 7) is 11.7. The third kappa shape index (κ3) is 9.65. The predicted octanol–water partition coefficient (Wildman–Crippen LogP) is 1.63. The zero-order valence-electron chi connectivity index (χ0n) is 19.8. The van der Waals surface area contributed by atoms with E-state index in [-0.39, 0.29) is 11.4 Å². The first-order valence-electron chi connectivity index (χ1n) is 11.5. The van der Waals surface area contributed by atoms with Crippen LogP contribution in [0, 0.1) is 0 Å². The molecule has 1 heterocycles. The number of nitrogens with two attached hydrogens (primary N) is 1. The number of piperidine rings is 1. The van der Waals surface area contributed by atoms with Crippen molar-refractivity contribution in [3.05, 3.63) is 35.4 Å². The number of hydrogen-bond acceptors (Lipinski definition) is 6. The lowest BCUT2D eigenvalue weighted by Gasteiger charge is -2.31. The minimum Gasteiger partial charge on any atom is -0.377 e. The summed E-state index contributed by atoms with van der Waals surface area (Å²) in [4.78, 5) is 27.5. The van der Waals surface area contributed by atoms with E-state index in [1.807, 2.05) is 45.0 Å². The number of ether oxygens (including phenoxy) is 2. The molecule has 1 fully saturated rings. The van der Waals surface area contributed by atoms with E-state index in [2.05, 4.69) is 10.2 Å². The quantitative estimate of drug-likeness (QED) is 0.352. The number of carbonyl (C=O) groups is 2. The molecule has 1 aromatic rings. The fraction of sp³-hybridized carbons (Fsp3) is 0.667. The second-order valence-corrected chi connectivity index (χ2v) is 9.26. The minimum atomic E-state index is -0.206. The van der Waals surface area contributed by atoms with Crippen LogP contribution in [0.4, 0.5) is 0 Å². The summed E-state index contributed by atoms with van der Waals surface area (Å²) in [7, 11) is 0. The lowest BCUT2D eigenvalue weighted by Crippen LogP contribution is -2.42. The molecular weight excluding hydrogens is 408 g/mol. The largest absolute Gasteiger partial charge is 0.377 e. The first-order chi connectivity index (χ1) is 15.3. The molecule has 0 aliphatic carbocycles. The molecule has 1 aromatic carbocycles. The number of nitrogens with zero attached hydrogens (tertiary/aromatic N) is 2. The van der Waals surface area contributed by atoms with Gasteiger partial charge in [0.1, 0.15) is 0 Å². The zero-order chi connectivity index (χ0) is 23.4. The highest BCUT2D eigenvalue weighted by Crippen LogP contribution is 2.13. The number of nitrogens with one attached hydrogen (secondary N) is 1. The number of amides is 2. The van der Waals surface area contributed by atoms with Crippen LogP contribution in [0.25, 0.3) is 0 Å². The van der Waals surface area contributed by atoms with Gasteiger partial charge < -0.3 is 25.4 Å². The maximum absolute atomic E-state index is 12.3. The fourth-order valence-corrected chi connectivity index (χ4v) is 3.50. The van der Waals surface area contributed by atoms with E-state index < -0.39 is 0 Å². The molecule has 1 aliphatic heterocycles. The van der Waals surface area contributed by atoms with Gasteiger partial charge in [-0.25, -0.2) is 0 Å². The molecule has 32 heavy (non-hydrogen) atoms. The molecule has 0 unspecified atom stereocenters. The lowest BCUT2D eigenvalue weighted by molar-refractivity contribution is -0.123. The average molecular weight is 449 g/mol. The van der Waals surface area contributed by atoms with E-state index >= 15 is 0 Å². The highest BCUT2D eigenvalue weighted by Gasteiger charge is 2.18. The standard InChI is InChI=1S/C24H40N4O4/c1-24(2,3)28(19-29)13-15-32-17-16-31-14-10-26-23(30)21-6-4-20(5-7-21)18-27-11-8-22(25)9-12-27/h4-7,19,22H,8-18,25H2,1-3H3,(H,26,30). The Bertz CT molecular complexity index is 682. The van der Waals surface area contributed by atoms with Gasteiger partial charge in [-0.15, -0.1) is 0 Å². The van der Waals surface area contributed by atoms with Crippen LogP contribution < -0.4 is 11.1 Å². The average Bonchev–Trinajstić information content (AvgIpc) is 2.76. The Balaban J connectivity index is 1.53. The molecule has 2 rings (SSSR count). The normalized spacial score (nSPS) is 15.5. The summed E-state index contributed by atoms with van der Waals surface area (Å²) in [5, 5.41) is 2.87. The van der Waals surface area contributed by atoms with Crippen LogP contribution >= 0.6 is 0 Å². The van der Waals surface area contributed by atoms with Crippen LogP contribution in [-0.2, 0) is 20.8 Å². The number of likely N-dealkylation sites (tertiary alicyclic amines) is 1. The Morgan fingerprint density at radius 2 is 1.75 bits per heavy atom. The maximum atomic E-state index is 12.3. The van der Waals surface area contributed by atoms with Crippen LogP contribution in [0.1, 0.15) is 49.5 Å². The number of rotatable bonds is 13. The van der Waals surface area contributed by atoms with Crippen molar-refractivity contribution in [1.29, 1.82) is 0 Å². The van der Waals surface area contributed by atoms with Crippen LogP contribution in [0.15, 0.2) is 24.3 Å². The first kappa shape index (κ1) is 26.3. The Hall–Kier alpha value is -2.00. The van der Waals surface area contributed by atoms with Crippen molar-refractivity contribution in [3.63, 3.8) is 0 Å². The summed E-state index contributed by atoms with van der Waals surface area (Å²) in [6.07, 6.45) is 2.94. The first-order valence-corrected chi connectivity index (χ1v) is 11.5. The van der Waals surface area contributed by atoms with Gasteiger partial charge in [-0.3, -0.25) is 14.5 Å². The Labute approximate surface area is 192 Å². The molecule has 0 saturated carbocycles. The van der Waals surface area contributed by atoms with Crippen molar-refractivity contribution in [2.45, 2.75) is 51.7 Å². The summed E-state index contributed by atoms with van der Waals surface area (Å²) < 4.78 is 11.0. The smallest absolute Gasteiger partial charge is 0.251 e. The number of carbonyl (C=O) groups excluding carboxylic acids is 2. The summed E-state index contributed by atoms with van der Waals surface area (Å²) in [5.41, 5.74) is 7.61. The van der Waals surface area contributed by atoms with Gasteiger partial charge in [0.15, 0.2) is 0 Å². The van der Waals surface area contributed by atoms with Crippen molar-refractivity contribution in [2.75, 3.05) is 52.6 Å². The summed E-state index contributed by atoms with van der Waals surface area (Å²) in [5.74, 6) is -0.100. The molecule has 8 nitrogen and oxygen atoms in total. The second kappa shape index (κ2) is 13.5. The Morgan fingerprint density at radius 3 is 2.34 bits per heavy atom. The van der Waals surface area contributed by atoms with E-state index in [9.17, 15) is 9.59 Å². The molecule has 0 bridgehead atoms. The van der Waals surface area contributed by atoms with Crippen molar-refractivity contribution < 1.29 is 19.1 Å². The molecule has 0 spiro atoms. The van der Waals surface area contributed by atoms with E-state index in [1.54, 1.807) is 4.90 Å². The van der Waals surface area contributed by atoms with Gasteiger partial charge in [0.2, 0.25) is 6.41 Å². The molecule has 0 aromatic heterocycles. The summed E-state index contributed by atoms with van der Waals surface area (Å²) >= 11 is 0. The van der Waals surface area contributed by atoms with Crippen LogP contribution in [0.2, 0.25) is 0 Å². The SMILES string of the molecule is CC(C)(C)N(C=O)CCOCCOCCNC(=O)c1ccc(CN2CCC(N)CC2)cc1. The molecule has 1 saturated heterocycles. The maximum Gasteiger partial charge on any atom is 0.251 e. The Kier molecular flexibility index (Phi) is 11.1. The van der Waals surface area contributed by atoms with Crippen LogP contribution in [0.3, 0.4) is 0 Å². The summed E-state index contributed by atoms with van der Waals surface area (Å²) in [6, 6.07) is 8.11. The number of benzene rings is 1. The van der Waals surface area contributed by atoms with Gasteiger partial charge in [-0.05, 0) is 64.4 Å². The van der Waals surface area contributed by atoms with Gasteiger partial charge in [-0.1, -0.05) is 12.1 Å². The third-order valence-electron chi connectivity index (χ3n) is 5.62. The lowest BCUT2D eigenvalue weighted by atomic mass is 10.0. The van der Waals surface area contributed by atoms with Gasteiger partial charge in [0.25, 0.3) is 5.91 Å². The molecule has 1 aliphatic rings. The highest BCUT2D eigenvalue weighted by molar-refractivity contribution is 5.94. The van der Waals surface area contributed by atoms with Crippen molar-refractivity contribution >= 4 is 12.3 Å². The van der Waals surface area contributed by atoms with Crippen molar-refractivity contribution in [3.8, 4) is 0 Å². The minimum absolute atomic E-state index is 0.100. The van der Waals surface area contributed by atoms with Gasteiger partial charge >= 0.3 is 0 Å². The molecule has 180 valence electrons. The topological polar surface area (TPSA) is 97.1 Å². The second-order valence-electron chi connectivity index (χ2n) is 9.26. The molecule has 0 atom stereocenters. The van der Waals surface area contributed by atoms with E-state index in [4.69, 9.17) is 15.2 Å². The van der Waals surface area contributed by atoms with Crippen LogP contribution in [-0.4, -0.2) is 86.3 Å². The number of hydrogen-bond donors (Lipinski definition) is 2. The molecule has 0 radical (unpaired) electrons. The zero-order valence-corrected chi connectivity index (χ0v) is 19.8. The molecule has 3 N–H and O–H groups in total. The highest BCUT2D eigenvalue weighted by atomic mass is 16.5. The van der Waals surface area contributed by atoms with Gasteiger partial charge in [0.05, 0.1) is 26.4 Å². The van der Waals surface area contributed by atoms with Crippen molar-refractivity contribution in [2.24, 2.45) is 5.73 Å². The Morgan fingerprint density at radius 1 is 1.12 bits per heavy atom.